The van der Waals surface area contributed by atoms with Crippen LogP contribution in [-0.4, -0.2) is 27.1 Å². The minimum absolute atomic E-state index is 0. The van der Waals surface area contributed by atoms with Crippen molar-refractivity contribution in [2.24, 2.45) is 11.5 Å². The third kappa shape index (κ3) is 5.57. The van der Waals surface area contributed by atoms with E-state index in [1.165, 1.54) is 22.3 Å². The first-order valence-corrected chi connectivity index (χ1v) is 9.90. The molecule has 166 valence electrons. The molecule has 7 N–H and O–H groups in total. The number of aryl methyl sites for hydroxylation is 2. The first-order chi connectivity index (χ1) is 14.3. The zero-order valence-corrected chi connectivity index (χ0v) is 17.9. The second-order valence-corrected chi connectivity index (χ2v) is 7.69. The fourth-order valence-electron chi connectivity index (χ4n) is 3.18. The standard InChI is InChI=1S/C10H8N2O3S.C9H12FN3O.ClH/c13-8-6-4-2-1-3-5(4)16-9(6)12-7(11-8)10(14)15;10-8-2-1-6(4-11)3-7(8)5-13-9(12)14;/h1-3H2,(H,14,15)(H,11,12,13);1-3H,4-5,11H2,(H3,12,13,14);1H. The lowest BCUT2D eigenvalue weighted by Crippen LogP contribution is -2.29. The molecule has 0 atom stereocenters. The van der Waals surface area contributed by atoms with Crippen LogP contribution < -0.4 is 22.3 Å². The van der Waals surface area contributed by atoms with Crippen LogP contribution in [0.4, 0.5) is 9.18 Å². The molecule has 3 aromatic rings. The van der Waals surface area contributed by atoms with Gasteiger partial charge in [-0.2, -0.15) is 0 Å². The minimum atomic E-state index is -1.20. The van der Waals surface area contributed by atoms with Crippen LogP contribution in [0.15, 0.2) is 23.0 Å². The number of carboxylic acids is 1. The van der Waals surface area contributed by atoms with E-state index in [2.05, 4.69) is 15.3 Å². The first-order valence-electron chi connectivity index (χ1n) is 9.08. The molecule has 9 nitrogen and oxygen atoms in total. The normalized spacial score (nSPS) is 11.8. The van der Waals surface area contributed by atoms with E-state index in [9.17, 15) is 18.8 Å². The molecule has 0 aliphatic heterocycles. The quantitative estimate of drug-likeness (QED) is 0.392. The van der Waals surface area contributed by atoms with Gasteiger partial charge in [-0.3, -0.25) is 4.79 Å². The third-order valence-corrected chi connectivity index (χ3v) is 5.76. The number of H-pyrrole nitrogens is 1. The van der Waals surface area contributed by atoms with Crippen LogP contribution in [-0.2, 0) is 25.9 Å². The van der Waals surface area contributed by atoms with Gasteiger partial charge < -0.3 is 26.9 Å². The average molecular weight is 470 g/mol. The predicted molar refractivity (Wildman–Crippen MR) is 117 cm³/mol. The maximum Gasteiger partial charge on any atom is 0.372 e. The first kappa shape index (κ1) is 24.3. The van der Waals surface area contributed by atoms with Crippen molar-refractivity contribution in [1.29, 1.82) is 0 Å². The number of nitrogens with zero attached hydrogens (tertiary/aromatic N) is 1. The molecule has 0 saturated carbocycles. The lowest BCUT2D eigenvalue weighted by atomic mass is 10.1. The number of halogens is 2. The second kappa shape index (κ2) is 10.3. The Morgan fingerprint density at radius 2 is 2.06 bits per heavy atom. The number of rotatable bonds is 4. The van der Waals surface area contributed by atoms with Crippen LogP contribution in [0.1, 0.15) is 38.6 Å². The summed E-state index contributed by atoms with van der Waals surface area (Å²) >= 11 is 1.44. The SMILES string of the molecule is Cl.NCc1ccc(F)c(CNC(N)=O)c1.O=C(O)c1nc2sc3c(c2c(=O)[nH]1)CCC3. The number of primary amides is 1. The molecular weight excluding hydrogens is 449 g/mol. The van der Waals surface area contributed by atoms with E-state index >= 15 is 0 Å². The highest BCUT2D eigenvalue weighted by Gasteiger charge is 2.22. The fourth-order valence-corrected chi connectivity index (χ4v) is 4.44. The average Bonchev–Trinajstić information content (AvgIpc) is 3.28. The van der Waals surface area contributed by atoms with Crippen molar-refractivity contribution in [2.75, 3.05) is 0 Å². The van der Waals surface area contributed by atoms with Gasteiger partial charge in [0.2, 0.25) is 5.82 Å². The van der Waals surface area contributed by atoms with Crippen molar-refractivity contribution in [1.82, 2.24) is 15.3 Å². The Balaban J connectivity index is 0.000000216. The highest BCUT2D eigenvalue weighted by atomic mass is 35.5. The molecule has 0 unspecified atom stereocenters. The van der Waals surface area contributed by atoms with E-state index in [4.69, 9.17) is 16.6 Å². The van der Waals surface area contributed by atoms with E-state index in [-0.39, 0.29) is 36.2 Å². The number of nitrogens with two attached hydrogens (primary N) is 2. The third-order valence-electron chi connectivity index (χ3n) is 4.58. The summed E-state index contributed by atoms with van der Waals surface area (Å²) < 4.78 is 13.1. The van der Waals surface area contributed by atoms with Crippen LogP contribution in [0.5, 0.6) is 0 Å². The van der Waals surface area contributed by atoms with Gasteiger partial charge in [-0.1, -0.05) is 6.07 Å². The molecule has 0 bridgehead atoms. The molecular formula is C19H21ClFN5O4S. The van der Waals surface area contributed by atoms with Gasteiger partial charge in [-0.15, -0.1) is 23.7 Å². The van der Waals surface area contributed by atoms with Crippen molar-refractivity contribution in [3.8, 4) is 0 Å². The van der Waals surface area contributed by atoms with Gasteiger partial charge in [0, 0.05) is 23.5 Å². The largest absolute Gasteiger partial charge is 0.475 e. The van der Waals surface area contributed by atoms with Gasteiger partial charge in [0.1, 0.15) is 10.6 Å². The second-order valence-electron chi connectivity index (χ2n) is 6.60. The highest BCUT2D eigenvalue weighted by Crippen LogP contribution is 2.34. The molecule has 2 amide bonds. The Bertz CT molecular complexity index is 1180. The lowest BCUT2D eigenvalue weighted by molar-refractivity contribution is 0.0683. The number of aromatic nitrogens is 2. The van der Waals surface area contributed by atoms with E-state index in [0.29, 0.717) is 22.3 Å². The Kier molecular flexibility index (Phi) is 8.08. The molecule has 0 saturated heterocycles. The van der Waals surface area contributed by atoms with Crippen molar-refractivity contribution in [2.45, 2.75) is 32.4 Å². The number of urea groups is 1. The van der Waals surface area contributed by atoms with Gasteiger partial charge in [-0.05, 0) is 42.5 Å². The van der Waals surface area contributed by atoms with Crippen LogP contribution in [0, 0.1) is 5.82 Å². The monoisotopic (exact) mass is 469 g/mol. The maximum absolute atomic E-state index is 13.1. The number of aromatic amines is 1. The Morgan fingerprint density at radius 1 is 1.32 bits per heavy atom. The summed E-state index contributed by atoms with van der Waals surface area (Å²) in [6, 6.07) is 3.84. The van der Waals surface area contributed by atoms with Gasteiger partial charge in [-0.25, -0.2) is 19.0 Å². The van der Waals surface area contributed by atoms with Crippen LogP contribution in [0.3, 0.4) is 0 Å². The highest BCUT2D eigenvalue weighted by molar-refractivity contribution is 7.18. The molecule has 0 spiro atoms. The number of hydrogen-bond acceptors (Lipinski definition) is 6. The number of amides is 2. The van der Waals surface area contributed by atoms with Gasteiger partial charge >= 0.3 is 12.0 Å². The van der Waals surface area contributed by atoms with Crippen molar-refractivity contribution in [3.63, 3.8) is 0 Å². The number of fused-ring (bicyclic) bond motifs is 3. The summed E-state index contributed by atoms with van der Waals surface area (Å²) in [6.07, 6.45) is 2.93. The molecule has 0 radical (unpaired) electrons. The number of aromatic carboxylic acids is 1. The lowest BCUT2D eigenvalue weighted by Gasteiger charge is -2.05. The number of nitrogens with one attached hydrogen (secondary N) is 2. The summed E-state index contributed by atoms with van der Waals surface area (Å²) in [6.45, 7) is 0.416. The molecule has 2 aromatic heterocycles. The molecule has 0 fully saturated rings. The maximum atomic E-state index is 13.1. The molecule has 1 aliphatic carbocycles. The molecule has 1 aromatic carbocycles. The van der Waals surface area contributed by atoms with Crippen molar-refractivity contribution < 1.29 is 19.1 Å². The summed E-state index contributed by atoms with van der Waals surface area (Å²) in [5.41, 5.74) is 12.2. The van der Waals surface area contributed by atoms with Crippen LogP contribution >= 0.6 is 23.7 Å². The number of hydrogen-bond donors (Lipinski definition) is 5. The van der Waals surface area contributed by atoms with E-state index < -0.39 is 12.0 Å². The molecule has 2 heterocycles. The predicted octanol–water partition coefficient (Wildman–Crippen LogP) is 2.05. The van der Waals surface area contributed by atoms with Crippen molar-refractivity contribution >= 4 is 46.0 Å². The number of carbonyl (C=O) groups excluding carboxylic acids is 1. The Morgan fingerprint density at radius 3 is 2.71 bits per heavy atom. The molecule has 1 aliphatic rings. The van der Waals surface area contributed by atoms with E-state index in [0.717, 1.165) is 30.4 Å². The zero-order chi connectivity index (χ0) is 21.8. The number of carbonyl (C=O) groups is 2. The summed E-state index contributed by atoms with van der Waals surface area (Å²) in [5, 5.41) is 11.7. The summed E-state index contributed by atoms with van der Waals surface area (Å²) in [7, 11) is 0. The van der Waals surface area contributed by atoms with Crippen LogP contribution in [0.2, 0.25) is 0 Å². The zero-order valence-electron chi connectivity index (χ0n) is 16.2. The smallest absolute Gasteiger partial charge is 0.372 e. The molecule has 4 rings (SSSR count). The summed E-state index contributed by atoms with van der Waals surface area (Å²) in [5.74, 6) is -1.86. The van der Waals surface area contributed by atoms with Gasteiger partial charge in [0.05, 0.1) is 5.39 Å². The van der Waals surface area contributed by atoms with Gasteiger partial charge in [0.25, 0.3) is 5.56 Å². The van der Waals surface area contributed by atoms with Crippen LogP contribution in [0.25, 0.3) is 10.2 Å². The number of thiophene rings is 1. The Hall–Kier alpha value is -3.02. The minimum Gasteiger partial charge on any atom is -0.475 e. The molecule has 12 heteroatoms. The van der Waals surface area contributed by atoms with Gasteiger partial charge in [0.15, 0.2) is 0 Å². The topological polar surface area (TPSA) is 164 Å². The number of carboxylic acid groups (broad SMARTS) is 1. The van der Waals surface area contributed by atoms with E-state index in [1.54, 1.807) is 12.1 Å². The fraction of sp³-hybridized carbons (Fsp3) is 0.263. The number of benzene rings is 1. The van der Waals surface area contributed by atoms with E-state index in [1.807, 2.05) is 0 Å². The summed E-state index contributed by atoms with van der Waals surface area (Å²) in [4.78, 5) is 40.9. The van der Waals surface area contributed by atoms with Crippen molar-refractivity contribution in [3.05, 3.63) is 61.8 Å². The Labute approximate surface area is 186 Å². The molecule has 31 heavy (non-hydrogen) atoms.